The van der Waals surface area contributed by atoms with Crippen LogP contribution < -0.4 is 15.0 Å². The van der Waals surface area contributed by atoms with Crippen molar-refractivity contribution in [3.63, 3.8) is 0 Å². The number of methoxy groups -OCH3 is 1. The molecule has 0 fully saturated rings. The van der Waals surface area contributed by atoms with Gasteiger partial charge in [0.1, 0.15) is 18.1 Å². The minimum absolute atomic E-state index is 0.119. The van der Waals surface area contributed by atoms with Gasteiger partial charge in [-0.2, -0.15) is 0 Å². The molecule has 6 heteroatoms. The van der Waals surface area contributed by atoms with Crippen LogP contribution in [0.2, 0.25) is 0 Å². The van der Waals surface area contributed by atoms with Gasteiger partial charge >= 0.3 is 0 Å². The van der Waals surface area contributed by atoms with Crippen molar-refractivity contribution in [2.75, 3.05) is 7.11 Å². The lowest BCUT2D eigenvalue weighted by Crippen LogP contribution is -2.14. The molecule has 0 spiro atoms. The van der Waals surface area contributed by atoms with Crippen molar-refractivity contribution in [3.8, 4) is 11.5 Å². The van der Waals surface area contributed by atoms with Gasteiger partial charge in [0.15, 0.2) is 0 Å². The van der Waals surface area contributed by atoms with E-state index in [4.69, 9.17) is 14.7 Å². The summed E-state index contributed by atoms with van der Waals surface area (Å²) in [7, 11) is 1.61. The van der Waals surface area contributed by atoms with Gasteiger partial charge in [-0.15, -0.1) is 0 Å². The summed E-state index contributed by atoms with van der Waals surface area (Å²) in [6.45, 7) is 4.21. The van der Waals surface area contributed by atoms with Crippen LogP contribution in [-0.2, 0) is 24.4 Å². The number of amides is 1. The van der Waals surface area contributed by atoms with Crippen molar-refractivity contribution in [2.45, 2.75) is 33.5 Å². The third kappa shape index (κ3) is 6.48. The molecule has 2 aromatic rings. The molecular weight excluding hydrogens is 370 g/mol. The third-order valence-electron chi connectivity index (χ3n) is 4.34. The van der Waals surface area contributed by atoms with E-state index in [1.54, 1.807) is 24.7 Å². The number of hydrogen-bond acceptors (Lipinski definition) is 5. The molecule has 0 bridgehead atoms. The number of hydroxylamine groups is 1. The predicted octanol–water partition coefficient (Wildman–Crippen LogP) is 3.79. The number of carbonyl (C=O) groups excluding carboxylic acids is 1. The van der Waals surface area contributed by atoms with Gasteiger partial charge in [0.2, 0.25) is 0 Å². The Hall–Kier alpha value is -3.09. The maximum atomic E-state index is 11.4. The number of nitrogens with one attached hydrogen (secondary N) is 1. The topological polar surface area (TPSA) is 88.0 Å². The van der Waals surface area contributed by atoms with Crippen LogP contribution >= 0.6 is 0 Å². The molecule has 154 valence electrons. The smallest absolute Gasteiger partial charge is 0.267 e. The first kappa shape index (κ1) is 22.2. The second-order valence-corrected chi connectivity index (χ2v) is 6.71. The van der Waals surface area contributed by atoms with Crippen molar-refractivity contribution in [1.29, 1.82) is 0 Å². The largest absolute Gasteiger partial charge is 0.497 e. The molecule has 2 rings (SSSR count). The Morgan fingerprint density at radius 2 is 1.86 bits per heavy atom. The quantitative estimate of drug-likeness (QED) is 0.259. The molecule has 0 aliphatic rings. The first-order valence-electron chi connectivity index (χ1n) is 9.25. The Labute approximate surface area is 171 Å². The minimum atomic E-state index is -0.636. The van der Waals surface area contributed by atoms with Crippen molar-refractivity contribution in [1.82, 2.24) is 5.48 Å². The van der Waals surface area contributed by atoms with Gasteiger partial charge in [-0.25, -0.2) is 5.48 Å². The molecule has 0 aromatic heterocycles. The maximum absolute atomic E-state index is 11.4. The lowest BCUT2D eigenvalue weighted by molar-refractivity contribution is -0.124. The highest BCUT2D eigenvalue weighted by molar-refractivity contribution is 5.91. The summed E-state index contributed by atoms with van der Waals surface area (Å²) in [6.07, 6.45) is 5.44. The standard InChI is InChI=1S/C23H27NO5/c1-16(2)4-12-21-19(14-25)8-7-18(9-13-22(26)24-27)23(21)29-15-17-5-10-20(28-3)11-6-17/h4-11,13,25,27H,12,14-15H2,1-3H3,(H,24,26). The van der Waals surface area contributed by atoms with Gasteiger partial charge < -0.3 is 14.6 Å². The summed E-state index contributed by atoms with van der Waals surface area (Å²) in [5.41, 5.74) is 5.97. The molecule has 3 N–H and O–H groups in total. The molecule has 6 nitrogen and oxygen atoms in total. The van der Waals surface area contributed by atoms with Crippen LogP contribution in [0.3, 0.4) is 0 Å². The highest BCUT2D eigenvalue weighted by Gasteiger charge is 2.13. The van der Waals surface area contributed by atoms with Crippen LogP contribution in [0.5, 0.6) is 11.5 Å². The fourth-order valence-electron chi connectivity index (χ4n) is 2.75. The first-order valence-corrected chi connectivity index (χ1v) is 9.25. The zero-order valence-electron chi connectivity index (χ0n) is 16.9. The van der Waals surface area contributed by atoms with Crippen molar-refractivity contribution >= 4 is 12.0 Å². The summed E-state index contributed by atoms with van der Waals surface area (Å²) in [6, 6.07) is 11.1. The van der Waals surface area contributed by atoms with E-state index in [2.05, 4.69) is 6.08 Å². The second kappa shape index (κ2) is 11.0. The van der Waals surface area contributed by atoms with E-state index in [0.717, 1.165) is 28.0 Å². The number of aliphatic hydroxyl groups excluding tert-OH is 1. The van der Waals surface area contributed by atoms with E-state index < -0.39 is 5.91 Å². The number of hydrogen-bond donors (Lipinski definition) is 3. The molecule has 0 aliphatic heterocycles. The molecule has 0 saturated carbocycles. The van der Waals surface area contributed by atoms with Crippen molar-refractivity contribution < 1.29 is 24.6 Å². The summed E-state index contributed by atoms with van der Waals surface area (Å²) >= 11 is 0. The number of benzene rings is 2. The normalized spacial score (nSPS) is 10.7. The van der Waals surface area contributed by atoms with Gasteiger partial charge in [-0.1, -0.05) is 35.9 Å². The van der Waals surface area contributed by atoms with Crippen LogP contribution in [0.15, 0.2) is 54.1 Å². The van der Waals surface area contributed by atoms with Crippen molar-refractivity contribution in [2.24, 2.45) is 0 Å². The average molecular weight is 397 g/mol. The van der Waals surface area contributed by atoms with Gasteiger partial charge in [0, 0.05) is 17.2 Å². The Balaban J connectivity index is 2.42. The summed E-state index contributed by atoms with van der Waals surface area (Å²) < 4.78 is 11.3. The fourth-order valence-corrected chi connectivity index (χ4v) is 2.75. The number of rotatable bonds is 9. The van der Waals surface area contributed by atoms with Crippen LogP contribution in [-0.4, -0.2) is 23.3 Å². The summed E-state index contributed by atoms with van der Waals surface area (Å²) in [4.78, 5) is 11.4. The molecule has 0 heterocycles. The van der Waals surface area contributed by atoms with Crippen LogP contribution in [0.4, 0.5) is 0 Å². The SMILES string of the molecule is COc1ccc(COc2c(C=CC(=O)NO)ccc(CO)c2CC=C(C)C)cc1. The summed E-state index contributed by atoms with van der Waals surface area (Å²) in [5.74, 6) is 0.717. The van der Waals surface area contributed by atoms with Gasteiger partial charge in [0.05, 0.1) is 13.7 Å². The second-order valence-electron chi connectivity index (χ2n) is 6.71. The predicted molar refractivity (Wildman–Crippen MR) is 112 cm³/mol. The van der Waals surface area contributed by atoms with E-state index in [-0.39, 0.29) is 6.61 Å². The Bertz CT molecular complexity index is 881. The molecule has 0 aliphatic carbocycles. The molecule has 0 unspecified atom stereocenters. The molecule has 29 heavy (non-hydrogen) atoms. The maximum Gasteiger partial charge on any atom is 0.267 e. The molecule has 1 amide bonds. The molecule has 0 atom stereocenters. The van der Waals surface area contributed by atoms with Gasteiger partial charge in [0.25, 0.3) is 5.91 Å². The number of ether oxygens (including phenoxy) is 2. The Morgan fingerprint density at radius 1 is 1.14 bits per heavy atom. The Morgan fingerprint density at radius 3 is 2.45 bits per heavy atom. The third-order valence-corrected chi connectivity index (χ3v) is 4.34. The Kier molecular flexibility index (Phi) is 8.45. The minimum Gasteiger partial charge on any atom is -0.497 e. The van der Waals surface area contributed by atoms with Gasteiger partial charge in [-0.3, -0.25) is 10.0 Å². The highest BCUT2D eigenvalue weighted by Crippen LogP contribution is 2.31. The number of allylic oxidation sites excluding steroid dienone is 2. The average Bonchev–Trinajstić information content (AvgIpc) is 2.74. The monoisotopic (exact) mass is 397 g/mol. The van der Waals surface area contributed by atoms with Crippen LogP contribution in [0.25, 0.3) is 6.08 Å². The zero-order valence-corrected chi connectivity index (χ0v) is 16.9. The zero-order chi connectivity index (χ0) is 21.2. The molecule has 0 saturated heterocycles. The van der Waals surface area contributed by atoms with Gasteiger partial charge in [-0.05, 0) is 49.6 Å². The highest BCUT2D eigenvalue weighted by atomic mass is 16.5. The van der Waals surface area contributed by atoms with E-state index in [9.17, 15) is 9.90 Å². The van der Waals surface area contributed by atoms with E-state index in [1.165, 1.54) is 6.08 Å². The number of carbonyl (C=O) groups is 1. The molecular formula is C23H27NO5. The fraction of sp³-hybridized carbons (Fsp3) is 0.261. The summed E-state index contributed by atoms with van der Waals surface area (Å²) in [5, 5.41) is 18.5. The van der Waals surface area contributed by atoms with E-state index in [1.807, 2.05) is 44.2 Å². The first-order chi connectivity index (χ1) is 14.0. The number of aliphatic hydroxyl groups is 1. The molecule has 0 radical (unpaired) electrons. The van der Waals surface area contributed by atoms with E-state index in [0.29, 0.717) is 24.3 Å². The van der Waals surface area contributed by atoms with Crippen LogP contribution in [0.1, 0.15) is 36.1 Å². The lowest BCUT2D eigenvalue weighted by Gasteiger charge is -2.17. The van der Waals surface area contributed by atoms with E-state index >= 15 is 0 Å². The van der Waals surface area contributed by atoms with Crippen LogP contribution in [0, 0.1) is 0 Å². The molecule has 2 aromatic carbocycles. The lowest BCUT2D eigenvalue weighted by atomic mass is 9.98. The van der Waals surface area contributed by atoms with Crippen molar-refractivity contribution in [3.05, 3.63) is 76.4 Å².